The molecule has 2 aromatic rings. The molecule has 0 aliphatic heterocycles. The highest BCUT2D eigenvalue weighted by atomic mass is 15.2. The summed E-state index contributed by atoms with van der Waals surface area (Å²) in [6, 6.07) is 17.4. The van der Waals surface area contributed by atoms with Gasteiger partial charge in [0.1, 0.15) is 0 Å². The van der Waals surface area contributed by atoms with Crippen molar-refractivity contribution >= 4 is 16.9 Å². The number of hydrogen-bond donors (Lipinski definition) is 2. The van der Waals surface area contributed by atoms with Crippen LogP contribution in [0.15, 0.2) is 83.1 Å². The molecule has 0 aromatic heterocycles. The Kier molecular flexibility index (Phi) is 3.85. The fraction of sp³-hybridized carbons (Fsp3) is 0.111. The van der Waals surface area contributed by atoms with Crippen LogP contribution in [-0.4, -0.2) is 5.66 Å². The monoisotopic (exact) mass is 290 g/mol. The summed E-state index contributed by atoms with van der Waals surface area (Å²) in [7, 11) is 0. The van der Waals surface area contributed by atoms with Crippen LogP contribution in [0.3, 0.4) is 0 Å². The Bertz CT molecular complexity index is 729. The van der Waals surface area contributed by atoms with Crippen molar-refractivity contribution in [2.75, 3.05) is 5.73 Å². The first-order valence-electron chi connectivity index (χ1n) is 7.17. The minimum absolute atomic E-state index is 0.611. The second-order valence-electron chi connectivity index (χ2n) is 5.35. The summed E-state index contributed by atoms with van der Waals surface area (Å²) in [5.74, 6) is 0. The van der Waals surface area contributed by atoms with E-state index < -0.39 is 5.66 Å². The van der Waals surface area contributed by atoms with E-state index in [9.17, 15) is 0 Å². The molecule has 3 rings (SSSR count). The van der Waals surface area contributed by atoms with E-state index in [0.717, 1.165) is 22.5 Å². The summed E-state index contributed by atoms with van der Waals surface area (Å²) in [4.78, 5) is 0. The van der Waals surface area contributed by atoms with Crippen molar-refractivity contribution in [3.63, 3.8) is 0 Å². The Hall–Kier alpha value is -2.72. The molecule has 0 heterocycles. The molecule has 1 unspecified atom stereocenters. The highest BCUT2D eigenvalue weighted by Crippen LogP contribution is 2.27. The first-order chi connectivity index (χ1) is 10.6. The lowest BCUT2D eigenvalue weighted by molar-refractivity contribution is 0.534. The predicted octanol–water partition coefficient (Wildman–Crippen LogP) is 4.05. The maximum Gasteiger partial charge on any atom is 0.152 e. The SMILES string of the molecule is Nc1ccc(C2=CCC(N)(N=Nc3ccccc3)C=C2)cc1. The maximum absolute atomic E-state index is 6.26. The Labute approximate surface area is 129 Å². The van der Waals surface area contributed by atoms with Crippen LogP contribution in [-0.2, 0) is 0 Å². The third-order valence-electron chi connectivity index (χ3n) is 3.55. The van der Waals surface area contributed by atoms with Gasteiger partial charge in [-0.2, -0.15) is 10.2 Å². The molecule has 0 saturated carbocycles. The summed E-state index contributed by atoms with van der Waals surface area (Å²) in [5, 5.41) is 8.49. The van der Waals surface area contributed by atoms with Crippen molar-refractivity contribution in [1.82, 2.24) is 0 Å². The number of hydrogen-bond acceptors (Lipinski definition) is 4. The third-order valence-corrected chi connectivity index (χ3v) is 3.55. The standard InChI is InChI=1S/C18H18N4/c19-16-8-6-14(7-9-16)15-10-12-18(20,13-11-15)22-21-17-4-2-1-3-5-17/h1-12H,13,19-20H2. The largest absolute Gasteiger partial charge is 0.399 e. The van der Waals surface area contributed by atoms with Crippen LogP contribution in [0, 0.1) is 0 Å². The van der Waals surface area contributed by atoms with Crippen LogP contribution in [0.1, 0.15) is 12.0 Å². The zero-order chi connectivity index (χ0) is 15.4. The number of rotatable bonds is 3. The lowest BCUT2D eigenvalue weighted by Crippen LogP contribution is -2.35. The zero-order valence-corrected chi connectivity index (χ0v) is 12.2. The van der Waals surface area contributed by atoms with E-state index >= 15 is 0 Å². The molecule has 0 saturated heterocycles. The smallest absolute Gasteiger partial charge is 0.152 e. The average Bonchev–Trinajstić information content (AvgIpc) is 2.56. The van der Waals surface area contributed by atoms with Crippen LogP contribution in [0.2, 0.25) is 0 Å². The number of azo groups is 1. The quantitative estimate of drug-likeness (QED) is 0.660. The Morgan fingerprint density at radius 3 is 2.32 bits per heavy atom. The van der Waals surface area contributed by atoms with Gasteiger partial charge in [0.05, 0.1) is 5.69 Å². The van der Waals surface area contributed by atoms with Crippen LogP contribution in [0.25, 0.3) is 5.57 Å². The van der Waals surface area contributed by atoms with Gasteiger partial charge < -0.3 is 11.5 Å². The molecule has 0 spiro atoms. The van der Waals surface area contributed by atoms with Gasteiger partial charge in [-0.25, -0.2) is 0 Å². The number of benzene rings is 2. The lowest BCUT2D eigenvalue weighted by Gasteiger charge is -2.22. The van der Waals surface area contributed by atoms with E-state index in [2.05, 4.69) is 16.3 Å². The van der Waals surface area contributed by atoms with E-state index in [1.165, 1.54) is 0 Å². The van der Waals surface area contributed by atoms with E-state index in [-0.39, 0.29) is 0 Å². The number of nitrogen functional groups attached to an aromatic ring is 1. The van der Waals surface area contributed by atoms with Crippen LogP contribution < -0.4 is 11.5 Å². The number of allylic oxidation sites excluding steroid dienone is 2. The van der Waals surface area contributed by atoms with Crippen LogP contribution >= 0.6 is 0 Å². The lowest BCUT2D eigenvalue weighted by atomic mass is 9.94. The highest BCUT2D eigenvalue weighted by molar-refractivity contribution is 5.76. The number of nitrogens with two attached hydrogens (primary N) is 2. The fourth-order valence-corrected chi connectivity index (χ4v) is 2.25. The molecule has 1 aliphatic carbocycles. The first kappa shape index (κ1) is 14.2. The van der Waals surface area contributed by atoms with Gasteiger partial charge in [-0.05, 0) is 41.5 Å². The van der Waals surface area contributed by atoms with Crippen molar-refractivity contribution in [2.45, 2.75) is 12.1 Å². The van der Waals surface area contributed by atoms with Gasteiger partial charge in [0.2, 0.25) is 0 Å². The molecule has 0 radical (unpaired) electrons. The Morgan fingerprint density at radius 2 is 1.68 bits per heavy atom. The predicted molar refractivity (Wildman–Crippen MR) is 90.5 cm³/mol. The summed E-state index contributed by atoms with van der Waals surface area (Å²) >= 11 is 0. The zero-order valence-electron chi connectivity index (χ0n) is 12.2. The minimum atomic E-state index is -0.785. The number of nitrogens with zero attached hydrogens (tertiary/aromatic N) is 2. The Morgan fingerprint density at radius 1 is 0.955 bits per heavy atom. The molecular weight excluding hydrogens is 272 g/mol. The van der Waals surface area contributed by atoms with E-state index in [4.69, 9.17) is 11.5 Å². The topological polar surface area (TPSA) is 76.8 Å². The molecule has 1 atom stereocenters. The van der Waals surface area contributed by atoms with Gasteiger partial charge in [0.25, 0.3) is 0 Å². The van der Waals surface area contributed by atoms with Crippen molar-refractivity contribution in [3.8, 4) is 0 Å². The van der Waals surface area contributed by atoms with E-state index in [1.54, 1.807) is 0 Å². The molecule has 2 aromatic carbocycles. The van der Waals surface area contributed by atoms with E-state index in [0.29, 0.717) is 6.42 Å². The highest BCUT2D eigenvalue weighted by Gasteiger charge is 2.22. The molecular formula is C18H18N4. The average molecular weight is 290 g/mol. The summed E-state index contributed by atoms with van der Waals surface area (Å²) in [6.45, 7) is 0. The first-order valence-corrected chi connectivity index (χ1v) is 7.17. The fourth-order valence-electron chi connectivity index (χ4n) is 2.25. The van der Waals surface area contributed by atoms with Gasteiger partial charge in [0, 0.05) is 12.1 Å². The summed E-state index contributed by atoms with van der Waals surface area (Å²) in [6.07, 6.45) is 6.57. The number of anilines is 1. The second-order valence-corrected chi connectivity index (χ2v) is 5.35. The molecule has 4 nitrogen and oxygen atoms in total. The van der Waals surface area contributed by atoms with Gasteiger partial charge in [-0.1, -0.05) is 42.5 Å². The molecule has 22 heavy (non-hydrogen) atoms. The summed E-state index contributed by atoms with van der Waals surface area (Å²) in [5.41, 5.74) is 15.0. The summed E-state index contributed by atoms with van der Waals surface area (Å²) < 4.78 is 0. The molecule has 4 N–H and O–H groups in total. The van der Waals surface area contributed by atoms with Gasteiger partial charge >= 0.3 is 0 Å². The molecule has 0 fully saturated rings. The molecule has 0 bridgehead atoms. The van der Waals surface area contributed by atoms with E-state index in [1.807, 2.05) is 66.7 Å². The molecule has 4 heteroatoms. The maximum atomic E-state index is 6.26. The van der Waals surface area contributed by atoms with Gasteiger partial charge in [-0.3, -0.25) is 0 Å². The second kappa shape index (κ2) is 5.95. The van der Waals surface area contributed by atoms with Crippen molar-refractivity contribution in [1.29, 1.82) is 0 Å². The van der Waals surface area contributed by atoms with Crippen molar-refractivity contribution in [2.24, 2.45) is 16.0 Å². The molecule has 0 amide bonds. The molecule has 110 valence electrons. The molecule has 1 aliphatic rings. The van der Waals surface area contributed by atoms with Crippen LogP contribution in [0.4, 0.5) is 11.4 Å². The normalized spacial score (nSPS) is 21.0. The third kappa shape index (κ3) is 3.30. The minimum Gasteiger partial charge on any atom is -0.399 e. The van der Waals surface area contributed by atoms with Gasteiger partial charge in [0.15, 0.2) is 5.66 Å². The van der Waals surface area contributed by atoms with Crippen molar-refractivity contribution < 1.29 is 0 Å². The van der Waals surface area contributed by atoms with Crippen molar-refractivity contribution in [3.05, 3.63) is 78.4 Å². The Balaban J connectivity index is 1.74. The van der Waals surface area contributed by atoms with Gasteiger partial charge in [-0.15, -0.1) is 0 Å². The van der Waals surface area contributed by atoms with Crippen LogP contribution in [0.5, 0.6) is 0 Å².